The quantitative estimate of drug-likeness (QED) is 0.0758. The van der Waals surface area contributed by atoms with Crippen LogP contribution in [0.5, 0.6) is 0 Å². The number of hydrogen-bond acceptors (Lipinski definition) is 9. The molecule has 6 rings (SSSR count). The average Bonchev–Trinajstić information content (AvgIpc) is 3.08. The SMILES string of the molecule is CC(C)(C)OC(=O)Nc1cc(F)c(F)c(C(=O)c2ccc3ncc(Cl)nc3c2)c1F.Nc1cc(F)c(F)c(C(=O)c2ccc3ncc(Cl)nc3c2)c1F. The maximum absolute atomic E-state index is 14.9. The van der Waals surface area contributed by atoms with E-state index in [2.05, 4.69) is 19.9 Å². The summed E-state index contributed by atoms with van der Waals surface area (Å²) in [6.07, 6.45) is 1.52. The molecule has 3 N–H and O–H groups in total. The molecule has 4 aromatic carbocycles. The summed E-state index contributed by atoms with van der Waals surface area (Å²) in [6, 6.07) is 8.79. The van der Waals surface area contributed by atoms with Crippen molar-refractivity contribution in [3.63, 3.8) is 0 Å². The Hall–Kier alpha value is -5.87. The molecule has 10 nitrogen and oxygen atoms in total. The van der Waals surface area contributed by atoms with Gasteiger partial charge in [-0.15, -0.1) is 0 Å². The van der Waals surface area contributed by atoms with Gasteiger partial charge in [-0.1, -0.05) is 23.2 Å². The molecule has 6 aromatic rings. The van der Waals surface area contributed by atoms with Gasteiger partial charge in [-0.3, -0.25) is 24.9 Å². The van der Waals surface area contributed by atoms with E-state index in [0.717, 1.165) is 0 Å². The maximum atomic E-state index is 14.9. The monoisotopic (exact) mass is 774 g/mol. The summed E-state index contributed by atoms with van der Waals surface area (Å²) < 4.78 is 89.4. The summed E-state index contributed by atoms with van der Waals surface area (Å²) in [5.41, 5.74) is 1.72. The molecule has 18 heteroatoms. The predicted octanol–water partition coefficient (Wildman–Crippen LogP) is 8.79. The number of fused-ring (bicyclic) bond motifs is 2. The molecular formula is C35H22Cl2F6N6O4. The lowest BCUT2D eigenvalue weighted by Crippen LogP contribution is -2.28. The fourth-order valence-corrected chi connectivity index (χ4v) is 4.96. The number of nitrogens with one attached hydrogen (secondary N) is 1. The number of carbonyl (C=O) groups excluding carboxylic acids is 3. The lowest BCUT2D eigenvalue weighted by atomic mass is 10.0. The second-order valence-corrected chi connectivity index (χ2v) is 12.7. The zero-order valence-electron chi connectivity index (χ0n) is 27.3. The van der Waals surface area contributed by atoms with Gasteiger partial charge in [0.15, 0.2) is 46.5 Å². The van der Waals surface area contributed by atoms with Crippen LogP contribution in [0.4, 0.5) is 42.5 Å². The Balaban J connectivity index is 0.000000211. The Kier molecular flexibility index (Phi) is 10.9. The summed E-state index contributed by atoms with van der Waals surface area (Å²) in [5.74, 6) is -11.2. The van der Waals surface area contributed by atoms with E-state index in [-0.39, 0.29) is 32.5 Å². The summed E-state index contributed by atoms with van der Waals surface area (Å²) in [7, 11) is 0. The number of nitrogens with zero attached hydrogens (tertiary/aromatic N) is 4. The maximum Gasteiger partial charge on any atom is 0.412 e. The van der Waals surface area contributed by atoms with E-state index in [0.29, 0.717) is 23.2 Å². The minimum atomic E-state index is -1.69. The Morgan fingerprint density at radius 3 is 1.58 bits per heavy atom. The molecule has 53 heavy (non-hydrogen) atoms. The van der Waals surface area contributed by atoms with E-state index in [9.17, 15) is 40.7 Å². The van der Waals surface area contributed by atoms with Crippen molar-refractivity contribution in [3.05, 3.63) is 128 Å². The standard InChI is InChI=1S/C20H15ClF3N3O3.C15H7ClF3N3O/c1-20(2,3)30-19(29)27-13-7-10(22)16(23)15(17(13)24)18(28)9-4-5-11-12(6-9)26-14(21)8-25-11;16-11-5-21-9-2-1-6(3-10(9)22-11)15(23)12-13(18)7(17)4-8(20)14(12)19/h4-8H,1-3H3,(H,27,29);1-5H,20H2. The van der Waals surface area contributed by atoms with Crippen LogP contribution in [-0.2, 0) is 4.74 Å². The van der Waals surface area contributed by atoms with E-state index in [1.54, 1.807) is 20.8 Å². The van der Waals surface area contributed by atoms with E-state index in [4.69, 9.17) is 33.7 Å². The van der Waals surface area contributed by atoms with E-state index in [1.165, 1.54) is 48.8 Å². The van der Waals surface area contributed by atoms with Crippen LogP contribution in [0.15, 0.2) is 60.9 Å². The van der Waals surface area contributed by atoms with Gasteiger partial charge in [0.25, 0.3) is 0 Å². The number of benzene rings is 4. The highest BCUT2D eigenvalue weighted by molar-refractivity contribution is 6.30. The summed E-state index contributed by atoms with van der Waals surface area (Å²) in [4.78, 5) is 52.9. The van der Waals surface area contributed by atoms with E-state index < -0.39 is 80.7 Å². The van der Waals surface area contributed by atoms with Crippen molar-refractivity contribution in [2.45, 2.75) is 26.4 Å². The van der Waals surface area contributed by atoms with Crippen molar-refractivity contribution >= 4 is 74.3 Å². The molecular weight excluding hydrogens is 753 g/mol. The van der Waals surface area contributed by atoms with Crippen molar-refractivity contribution in [3.8, 4) is 0 Å². The first-order valence-electron chi connectivity index (χ1n) is 14.9. The second kappa shape index (κ2) is 15.0. The molecule has 272 valence electrons. The minimum absolute atomic E-state index is 0.0547. The van der Waals surface area contributed by atoms with Crippen LogP contribution in [0.2, 0.25) is 10.3 Å². The van der Waals surface area contributed by atoms with E-state index >= 15 is 0 Å². The number of nitrogens with two attached hydrogens (primary N) is 1. The van der Waals surface area contributed by atoms with Crippen molar-refractivity contribution in [2.24, 2.45) is 0 Å². The highest BCUT2D eigenvalue weighted by Crippen LogP contribution is 2.29. The molecule has 0 radical (unpaired) electrons. The van der Waals surface area contributed by atoms with Crippen LogP contribution in [0.3, 0.4) is 0 Å². The lowest BCUT2D eigenvalue weighted by molar-refractivity contribution is 0.0634. The number of nitrogen functional groups attached to an aromatic ring is 1. The van der Waals surface area contributed by atoms with Crippen LogP contribution < -0.4 is 11.1 Å². The van der Waals surface area contributed by atoms with Crippen LogP contribution in [0.1, 0.15) is 52.6 Å². The molecule has 0 atom stereocenters. The molecule has 2 aromatic heterocycles. The molecule has 0 aliphatic rings. The number of hydrogen-bond donors (Lipinski definition) is 2. The molecule has 0 fully saturated rings. The van der Waals surface area contributed by atoms with Gasteiger partial charge < -0.3 is 10.5 Å². The Labute approximate surface area is 304 Å². The third kappa shape index (κ3) is 8.45. The van der Waals surface area contributed by atoms with Gasteiger partial charge in [0.05, 0.1) is 57.0 Å². The van der Waals surface area contributed by atoms with Gasteiger partial charge in [-0.05, 0) is 57.2 Å². The lowest BCUT2D eigenvalue weighted by Gasteiger charge is -2.20. The third-order valence-electron chi connectivity index (χ3n) is 6.98. The van der Waals surface area contributed by atoms with Crippen LogP contribution in [-0.4, -0.2) is 43.2 Å². The number of amides is 1. The van der Waals surface area contributed by atoms with Gasteiger partial charge in [0.2, 0.25) is 0 Å². The second-order valence-electron chi connectivity index (χ2n) is 11.9. The van der Waals surface area contributed by atoms with E-state index in [1.807, 2.05) is 5.32 Å². The Morgan fingerprint density at radius 2 is 1.11 bits per heavy atom. The first kappa shape index (κ1) is 38.4. The molecule has 2 heterocycles. The predicted molar refractivity (Wildman–Crippen MR) is 183 cm³/mol. The molecule has 0 aliphatic heterocycles. The number of rotatable bonds is 5. The number of ketones is 2. The first-order chi connectivity index (χ1) is 24.8. The summed E-state index contributed by atoms with van der Waals surface area (Å²) in [6.45, 7) is 4.70. The fraction of sp³-hybridized carbons (Fsp3) is 0.114. The molecule has 0 aliphatic carbocycles. The first-order valence-corrected chi connectivity index (χ1v) is 15.6. The zero-order chi connectivity index (χ0) is 38.9. The number of aromatic nitrogens is 4. The summed E-state index contributed by atoms with van der Waals surface area (Å²) in [5, 5.41) is 2.13. The van der Waals surface area contributed by atoms with Crippen LogP contribution in [0.25, 0.3) is 22.1 Å². The topological polar surface area (TPSA) is 150 Å². The molecule has 0 unspecified atom stereocenters. The highest BCUT2D eigenvalue weighted by Gasteiger charge is 2.28. The largest absolute Gasteiger partial charge is 0.444 e. The highest BCUT2D eigenvalue weighted by atomic mass is 35.5. The third-order valence-corrected chi connectivity index (χ3v) is 7.34. The normalized spacial score (nSPS) is 11.2. The van der Waals surface area contributed by atoms with Crippen molar-refractivity contribution in [1.29, 1.82) is 0 Å². The van der Waals surface area contributed by atoms with Crippen LogP contribution in [0, 0.1) is 34.9 Å². The Bertz CT molecular complexity index is 2460. The number of ether oxygens (including phenoxy) is 1. The fourth-order valence-electron chi connectivity index (χ4n) is 4.68. The number of anilines is 2. The van der Waals surface area contributed by atoms with Crippen LogP contribution >= 0.6 is 23.2 Å². The van der Waals surface area contributed by atoms with Crippen molar-refractivity contribution in [2.75, 3.05) is 11.1 Å². The Morgan fingerprint density at radius 1 is 0.660 bits per heavy atom. The molecule has 0 spiro atoms. The molecule has 0 bridgehead atoms. The number of halogens is 8. The average molecular weight is 775 g/mol. The van der Waals surface area contributed by atoms with Gasteiger partial charge in [0, 0.05) is 23.3 Å². The van der Waals surface area contributed by atoms with Gasteiger partial charge in [-0.25, -0.2) is 41.1 Å². The minimum Gasteiger partial charge on any atom is -0.444 e. The van der Waals surface area contributed by atoms with Gasteiger partial charge >= 0.3 is 6.09 Å². The zero-order valence-corrected chi connectivity index (χ0v) is 28.8. The van der Waals surface area contributed by atoms with Crippen molar-refractivity contribution < 1.29 is 45.5 Å². The van der Waals surface area contributed by atoms with Crippen molar-refractivity contribution in [1.82, 2.24) is 19.9 Å². The number of carbonyl (C=O) groups is 3. The molecule has 0 saturated carbocycles. The smallest absolute Gasteiger partial charge is 0.412 e. The van der Waals surface area contributed by atoms with Gasteiger partial charge in [0.1, 0.15) is 15.9 Å². The van der Waals surface area contributed by atoms with Gasteiger partial charge in [-0.2, -0.15) is 0 Å². The molecule has 1 amide bonds. The molecule has 0 saturated heterocycles. The summed E-state index contributed by atoms with van der Waals surface area (Å²) >= 11 is 11.5.